The van der Waals surface area contributed by atoms with Gasteiger partial charge in [-0.1, -0.05) is 20.8 Å². The van der Waals surface area contributed by atoms with Crippen molar-refractivity contribution in [2.75, 3.05) is 26.2 Å². The van der Waals surface area contributed by atoms with E-state index < -0.39 is 5.54 Å². The lowest BCUT2D eigenvalue weighted by Gasteiger charge is -2.34. The largest absolute Gasteiger partial charge is 0.465 e. The zero-order valence-electron chi connectivity index (χ0n) is 14.0. The first-order valence-corrected chi connectivity index (χ1v) is 8.00. The average Bonchev–Trinajstić information content (AvgIpc) is 2.70. The van der Waals surface area contributed by atoms with Crippen molar-refractivity contribution < 1.29 is 9.53 Å². The van der Waals surface area contributed by atoms with E-state index in [1.165, 1.54) is 0 Å². The molecule has 0 aliphatic carbocycles. The van der Waals surface area contributed by atoms with E-state index >= 15 is 0 Å². The topological polar surface area (TPSA) is 41.6 Å². The summed E-state index contributed by atoms with van der Waals surface area (Å²) in [6, 6.07) is 0.385. The molecule has 1 fully saturated rings. The van der Waals surface area contributed by atoms with Crippen LogP contribution in [0, 0.1) is 11.8 Å². The van der Waals surface area contributed by atoms with Crippen LogP contribution in [0.5, 0.6) is 0 Å². The van der Waals surface area contributed by atoms with E-state index in [4.69, 9.17) is 4.74 Å². The first-order chi connectivity index (χ1) is 9.34. The fourth-order valence-electron chi connectivity index (χ4n) is 3.16. The van der Waals surface area contributed by atoms with Crippen LogP contribution < -0.4 is 5.32 Å². The molecule has 4 nitrogen and oxygen atoms in total. The minimum atomic E-state index is -0.584. The molecule has 20 heavy (non-hydrogen) atoms. The highest BCUT2D eigenvalue weighted by Gasteiger charge is 2.38. The molecule has 0 radical (unpaired) electrons. The smallest absolute Gasteiger partial charge is 0.326 e. The maximum Gasteiger partial charge on any atom is 0.326 e. The molecule has 0 saturated carbocycles. The monoisotopic (exact) mass is 284 g/mol. The van der Waals surface area contributed by atoms with Gasteiger partial charge in [0.05, 0.1) is 6.61 Å². The minimum Gasteiger partial charge on any atom is -0.465 e. The Labute approximate surface area is 124 Å². The lowest BCUT2D eigenvalue weighted by Crippen LogP contribution is -2.54. The summed E-state index contributed by atoms with van der Waals surface area (Å²) < 4.78 is 5.25. The molecule has 0 aromatic heterocycles. The Hall–Kier alpha value is -0.610. The van der Waals surface area contributed by atoms with Crippen molar-refractivity contribution >= 4 is 5.97 Å². The van der Waals surface area contributed by atoms with Crippen molar-refractivity contribution in [3.05, 3.63) is 0 Å². The number of nitrogens with zero attached hydrogens (tertiary/aromatic N) is 1. The van der Waals surface area contributed by atoms with Gasteiger partial charge in [-0.15, -0.1) is 0 Å². The third-order valence-corrected chi connectivity index (χ3v) is 4.64. The Bertz CT molecular complexity index is 312. The van der Waals surface area contributed by atoms with Gasteiger partial charge in [-0.2, -0.15) is 0 Å². The Kier molecular flexibility index (Phi) is 6.46. The molecule has 1 heterocycles. The zero-order chi connectivity index (χ0) is 15.3. The summed E-state index contributed by atoms with van der Waals surface area (Å²) in [7, 11) is 0. The van der Waals surface area contributed by atoms with Crippen molar-refractivity contribution in [3.63, 3.8) is 0 Å². The second-order valence-corrected chi connectivity index (χ2v) is 6.54. The lowest BCUT2D eigenvalue weighted by atomic mass is 9.92. The number of likely N-dealkylation sites (tertiary alicyclic amines) is 1. The number of carbonyl (C=O) groups excluding carboxylic acids is 1. The van der Waals surface area contributed by atoms with E-state index in [0.717, 1.165) is 37.9 Å². The van der Waals surface area contributed by atoms with E-state index in [1.54, 1.807) is 0 Å². The predicted octanol–water partition coefficient (Wildman–Crippen LogP) is 2.28. The van der Waals surface area contributed by atoms with Gasteiger partial charge in [0.25, 0.3) is 0 Å². The van der Waals surface area contributed by atoms with Crippen LogP contribution in [0.3, 0.4) is 0 Å². The van der Waals surface area contributed by atoms with Gasteiger partial charge in [-0.25, -0.2) is 0 Å². The van der Waals surface area contributed by atoms with Crippen molar-refractivity contribution in [3.8, 4) is 0 Å². The highest BCUT2D eigenvalue weighted by atomic mass is 16.5. The van der Waals surface area contributed by atoms with Crippen LogP contribution in [-0.4, -0.2) is 48.7 Å². The molecule has 1 aliphatic rings. The third kappa shape index (κ3) is 4.19. The van der Waals surface area contributed by atoms with Gasteiger partial charge < -0.3 is 15.0 Å². The van der Waals surface area contributed by atoms with Crippen LogP contribution in [0.1, 0.15) is 48.0 Å². The highest BCUT2D eigenvalue weighted by molar-refractivity contribution is 5.80. The maximum atomic E-state index is 12.2. The lowest BCUT2D eigenvalue weighted by molar-refractivity contribution is -0.151. The van der Waals surface area contributed by atoms with E-state index in [0.29, 0.717) is 12.6 Å². The summed E-state index contributed by atoms with van der Waals surface area (Å²) in [5.74, 6) is 1.35. The third-order valence-electron chi connectivity index (χ3n) is 4.64. The van der Waals surface area contributed by atoms with E-state index in [2.05, 4.69) is 31.0 Å². The molecule has 0 aromatic rings. The summed E-state index contributed by atoms with van der Waals surface area (Å²) in [5.41, 5.74) is -0.584. The maximum absolute atomic E-state index is 12.2. The van der Waals surface area contributed by atoms with Crippen LogP contribution in [0.25, 0.3) is 0 Å². The molecular weight excluding hydrogens is 252 g/mol. The molecule has 1 N–H and O–H groups in total. The number of nitrogens with one attached hydrogen (secondary N) is 1. The van der Waals surface area contributed by atoms with E-state index in [9.17, 15) is 4.79 Å². The molecule has 0 spiro atoms. The Morgan fingerprint density at radius 3 is 2.35 bits per heavy atom. The van der Waals surface area contributed by atoms with Gasteiger partial charge in [0.1, 0.15) is 5.54 Å². The van der Waals surface area contributed by atoms with Gasteiger partial charge in [-0.05, 0) is 45.6 Å². The zero-order valence-corrected chi connectivity index (χ0v) is 14.0. The number of esters is 1. The number of hydrogen-bond acceptors (Lipinski definition) is 4. The van der Waals surface area contributed by atoms with Crippen LogP contribution in [-0.2, 0) is 9.53 Å². The van der Waals surface area contributed by atoms with Gasteiger partial charge in [0.2, 0.25) is 0 Å². The first-order valence-electron chi connectivity index (χ1n) is 8.00. The van der Waals surface area contributed by atoms with Gasteiger partial charge >= 0.3 is 5.97 Å². The molecule has 1 aliphatic heterocycles. The van der Waals surface area contributed by atoms with Crippen molar-refractivity contribution in [2.24, 2.45) is 11.8 Å². The first kappa shape index (κ1) is 17.4. The number of ether oxygens (including phenoxy) is 1. The molecule has 0 bridgehead atoms. The van der Waals surface area contributed by atoms with Crippen LogP contribution in [0.2, 0.25) is 0 Å². The fraction of sp³-hybridized carbons (Fsp3) is 0.938. The van der Waals surface area contributed by atoms with Gasteiger partial charge in [0, 0.05) is 19.1 Å². The molecule has 4 atom stereocenters. The summed E-state index contributed by atoms with van der Waals surface area (Å²) in [6.45, 7) is 16.2. The number of hydrogen-bond donors (Lipinski definition) is 1. The summed E-state index contributed by atoms with van der Waals surface area (Å²) in [4.78, 5) is 14.7. The average molecular weight is 284 g/mol. The quantitative estimate of drug-likeness (QED) is 0.728. The summed E-state index contributed by atoms with van der Waals surface area (Å²) in [5, 5.41) is 3.32. The predicted molar refractivity (Wildman–Crippen MR) is 82.7 cm³/mol. The SMILES string of the molecule is CCNC(C)(CC(C)N1CC(C)C(C)C1)C(=O)OCC. The molecule has 4 heteroatoms. The Morgan fingerprint density at radius 1 is 1.35 bits per heavy atom. The molecule has 118 valence electrons. The number of likely N-dealkylation sites (N-methyl/N-ethyl adjacent to an activating group) is 1. The van der Waals surface area contributed by atoms with Crippen molar-refractivity contribution in [1.29, 1.82) is 0 Å². The Morgan fingerprint density at radius 2 is 1.90 bits per heavy atom. The normalized spacial score (nSPS) is 28.1. The van der Waals surface area contributed by atoms with E-state index in [-0.39, 0.29) is 5.97 Å². The Balaban J connectivity index is 2.67. The van der Waals surface area contributed by atoms with Crippen molar-refractivity contribution in [2.45, 2.75) is 59.5 Å². The summed E-state index contributed by atoms with van der Waals surface area (Å²) >= 11 is 0. The molecule has 0 aromatic carbocycles. The van der Waals surface area contributed by atoms with Crippen LogP contribution >= 0.6 is 0 Å². The number of rotatable bonds is 7. The van der Waals surface area contributed by atoms with Crippen LogP contribution in [0.15, 0.2) is 0 Å². The van der Waals surface area contributed by atoms with Gasteiger partial charge in [-0.3, -0.25) is 4.79 Å². The molecule has 0 amide bonds. The van der Waals surface area contributed by atoms with Crippen molar-refractivity contribution in [1.82, 2.24) is 10.2 Å². The molecule has 1 rings (SSSR count). The van der Waals surface area contributed by atoms with E-state index in [1.807, 2.05) is 20.8 Å². The highest BCUT2D eigenvalue weighted by Crippen LogP contribution is 2.27. The molecular formula is C16H32N2O2. The second kappa shape index (κ2) is 7.41. The summed E-state index contributed by atoms with van der Waals surface area (Å²) in [6.07, 6.45) is 0.791. The minimum absolute atomic E-state index is 0.131. The van der Waals surface area contributed by atoms with Crippen LogP contribution in [0.4, 0.5) is 0 Å². The standard InChI is InChI=1S/C16H32N2O2/c1-7-17-16(6,15(19)20-8-2)9-14(5)18-10-12(3)13(4)11-18/h12-14,17H,7-11H2,1-6H3. The van der Waals surface area contributed by atoms with Gasteiger partial charge in [0.15, 0.2) is 0 Å². The molecule has 1 saturated heterocycles. The number of carbonyl (C=O) groups is 1. The second-order valence-electron chi connectivity index (χ2n) is 6.54. The molecule has 4 unspecified atom stereocenters. The fourth-order valence-corrected chi connectivity index (χ4v) is 3.16.